The molecule has 2 aliphatic heterocycles. The van der Waals surface area contributed by atoms with Gasteiger partial charge in [-0.3, -0.25) is 0 Å². The number of aromatic amines is 2. The standard InChI is InChI=1S/C45H30N4O2.Pt/c50-45(51)32-18-16-31(17-19-32)44-39-26-24-37(48-39)42(29-12-6-2-7-13-29)35-22-20-33(46-35)41(28-10-4-1-5-11-28)34-21-23-36(47-34)43(30-14-8-3-9-15-30)38-25-27-40(44)49-38;/h1-27,46,49H,(H,50,51);. The first-order valence-corrected chi connectivity index (χ1v) is 16.8. The number of rotatable bonds is 5. The summed E-state index contributed by atoms with van der Waals surface area (Å²) in [6, 6.07) is 46.3. The largest absolute Gasteiger partial charge is 0.478 e. The van der Waals surface area contributed by atoms with Gasteiger partial charge in [0.2, 0.25) is 0 Å². The van der Waals surface area contributed by atoms with Gasteiger partial charge in [0, 0.05) is 65.4 Å². The smallest absolute Gasteiger partial charge is 0.335 e. The average molecular weight is 854 g/mol. The third-order valence-corrected chi connectivity index (χ3v) is 9.36. The number of benzene rings is 4. The van der Waals surface area contributed by atoms with Gasteiger partial charge in [-0.2, -0.15) is 0 Å². The number of carboxylic acids is 1. The Morgan fingerprint density at radius 3 is 0.981 bits per heavy atom. The molecule has 3 N–H and O–H groups in total. The molecule has 0 saturated carbocycles. The molecule has 0 amide bonds. The van der Waals surface area contributed by atoms with Crippen LogP contribution in [0, 0.1) is 0 Å². The van der Waals surface area contributed by atoms with E-state index in [1.54, 1.807) is 12.1 Å². The number of aromatic carboxylic acids is 1. The summed E-state index contributed by atoms with van der Waals surface area (Å²) in [5.74, 6) is -0.968. The summed E-state index contributed by atoms with van der Waals surface area (Å²) in [6.07, 6.45) is 8.27. The molecule has 0 unspecified atom stereocenters. The minimum atomic E-state index is -0.968. The Morgan fingerprint density at radius 2 is 0.692 bits per heavy atom. The normalized spacial score (nSPS) is 11.7. The third kappa shape index (κ3) is 5.93. The first kappa shape index (κ1) is 32.8. The molecule has 0 radical (unpaired) electrons. The van der Waals surface area contributed by atoms with Gasteiger partial charge in [-0.1, -0.05) is 103 Å². The number of hydrogen-bond acceptors (Lipinski definition) is 3. The summed E-state index contributed by atoms with van der Waals surface area (Å²) < 4.78 is 0. The molecule has 5 heterocycles. The van der Waals surface area contributed by atoms with Gasteiger partial charge >= 0.3 is 5.97 Å². The maximum atomic E-state index is 11.8. The van der Waals surface area contributed by atoms with Crippen LogP contribution in [0.5, 0.6) is 0 Å². The minimum absolute atomic E-state index is 0. The van der Waals surface area contributed by atoms with Gasteiger partial charge in [-0.25, -0.2) is 14.8 Å². The SMILES string of the molecule is O=C(O)c1ccc(-c2c3nc(c(-c4ccccc4)c4ccc([nH]4)c(-c4ccccc4)c4nc(c(-c5ccccc5)c5ccc2[nH]5)C=C4)C=C3)cc1.[Pt]. The van der Waals surface area contributed by atoms with Gasteiger partial charge in [0.05, 0.1) is 28.3 Å². The predicted molar refractivity (Wildman–Crippen MR) is 208 cm³/mol. The first-order chi connectivity index (χ1) is 25.1. The zero-order valence-corrected chi connectivity index (χ0v) is 29.9. The summed E-state index contributed by atoms with van der Waals surface area (Å²) in [7, 11) is 0. The summed E-state index contributed by atoms with van der Waals surface area (Å²) >= 11 is 0. The number of hydrogen-bond donors (Lipinski definition) is 3. The molecular formula is C45H30N4O2Pt. The zero-order valence-electron chi connectivity index (χ0n) is 27.7. The number of carboxylic acid groups (broad SMARTS) is 1. The van der Waals surface area contributed by atoms with Crippen LogP contribution < -0.4 is 0 Å². The van der Waals surface area contributed by atoms with Crippen molar-refractivity contribution in [2.45, 2.75) is 0 Å². The van der Waals surface area contributed by atoms with Crippen molar-refractivity contribution >= 4 is 52.3 Å². The summed E-state index contributed by atoms with van der Waals surface area (Å²) in [4.78, 5) is 29.9. The van der Waals surface area contributed by atoms with Crippen molar-refractivity contribution in [3.05, 3.63) is 168 Å². The van der Waals surface area contributed by atoms with E-state index in [1.165, 1.54) is 0 Å². The molecule has 0 saturated heterocycles. The van der Waals surface area contributed by atoms with Crippen molar-refractivity contribution in [1.82, 2.24) is 19.9 Å². The summed E-state index contributed by atoms with van der Waals surface area (Å²) in [5.41, 5.74) is 14.9. The van der Waals surface area contributed by atoms with E-state index in [0.29, 0.717) is 0 Å². The second kappa shape index (κ2) is 13.7. The van der Waals surface area contributed by atoms with Gasteiger partial charge in [0.25, 0.3) is 0 Å². The topological polar surface area (TPSA) is 94.7 Å². The maximum absolute atomic E-state index is 11.8. The summed E-state index contributed by atoms with van der Waals surface area (Å²) in [5, 5.41) is 9.64. The van der Waals surface area contributed by atoms with E-state index in [9.17, 15) is 9.90 Å². The molecule has 0 aliphatic carbocycles. The first-order valence-electron chi connectivity index (χ1n) is 16.8. The monoisotopic (exact) mass is 853 g/mol. The Morgan fingerprint density at radius 1 is 0.404 bits per heavy atom. The molecule has 8 bridgehead atoms. The van der Waals surface area contributed by atoms with Gasteiger partial charge in [-0.05, 0) is 83.0 Å². The van der Waals surface area contributed by atoms with E-state index in [4.69, 9.17) is 9.97 Å². The van der Waals surface area contributed by atoms with Gasteiger partial charge in [0.15, 0.2) is 0 Å². The second-order valence-electron chi connectivity index (χ2n) is 12.5. The second-order valence-corrected chi connectivity index (χ2v) is 12.5. The van der Waals surface area contributed by atoms with Crippen LogP contribution in [-0.2, 0) is 21.1 Å². The van der Waals surface area contributed by atoms with Crippen molar-refractivity contribution in [3.63, 3.8) is 0 Å². The van der Waals surface area contributed by atoms with Crippen molar-refractivity contribution in [1.29, 1.82) is 0 Å². The molecule has 7 heteroatoms. The number of nitrogens with one attached hydrogen (secondary N) is 2. The van der Waals surface area contributed by atoms with Crippen LogP contribution in [0.1, 0.15) is 33.1 Å². The van der Waals surface area contributed by atoms with Gasteiger partial charge < -0.3 is 15.1 Å². The Balaban J connectivity index is 0.00000387. The molecule has 252 valence electrons. The fourth-order valence-electron chi connectivity index (χ4n) is 7.01. The molecule has 4 aromatic carbocycles. The van der Waals surface area contributed by atoms with Crippen molar-refractivity contribution in [2.75, 3.05) is 0 Å². The number of H-pyrrole nitrogens is 2. The molecule has 6 nitrogen and oxygen atoms in total. The van der Waals surface area contributed by atoms with Crippen LogP contribution in [0.4, 0.5) is 0 Å². The minimum Gasteiger partial charge on any atom is -0.478 e. The van der Waals surface area contributed by atoms with Gasteiger partial charge in [0.1, 0.15) is 0 Å². The van der Waals surface area contributed by atoms with E-state index in [0.717, 1.165) is 89.4 Å². The van der Waals surface area contributed by atoms with Crippen LogP contribution in [0.25, 0.3) is 90.9 Å². The van der Waals surface area contributed by atoms with Crippen molar-refractivity contribution < 1.29 is 31.0 Å². The van der Waals surface area contributed by atoms with E-state index < -0.39 is 5.97 Å². The van der Waals surface area contributed by atoms with Crippen molar-refractivity contribution in [2.24, 2.45) is 0 Å². The summed E-state index contributed by atoms with van der Waals surface area (Å²) in [6.45, 7) is 0. The van der Waals surface area contributed by atoms with Crippen LogP contribution in [0.2, 0.25) is 0 Å². The number of aromatic nitrogens is 4. The van der Waals surface area contributed by atoms with E-state index in [1.807, 2.05) is 60.7 Å². The van der Waals surface area contributed by atoms with E-state index in [-0.39, 0.29) is 26.6 Å². The number of fused-ring (bicyclic) bond motifs is 8. The molecule has 7 aromatic rings. The Bertz CT molecular complexity index is 2660. The molecule has 2 aliphatic rings. The Labute approximate surface area is 314 Å². The average Bonchev–Trinajstić information content (AvgIpc) is 4.01. The van der Waals surface area contributed by atoms with Crippen LogP contribution in [0.3, 0.4) is 0 Å². The third-order valence-electron chi connectivity index (χ3n) is 9.36. The molecule has 52 heavy (non-hydrogen) atoms. The zero-order chi connectivity index (χ0) is 34.3. The molecule has 0 atom stereocenters. The number of carbonyl (C=O) groups is 1. The molecule has 9 rings (SSSR count). The Hall–Kier alpha value is -6.36. The van der Waals surface area contributed by atoms with Crippen molar-refractivity contribution in [3.8, 4) is 44.5 Å². The molecular weight excluding hydrogens is 824 g/mol. The number of nitrogens with zero attached hydrogens (tertiary/aromatic N) is 2. The molecule has 0 spiro atoms. The van der Waals surface area contributed by atoms with E-state index in [2.05, 4.69) is 101 Å². The Kier molecular flexibility index (Phi) is 8.68. The fraction of sp³-hybridized carbons (Fsp3) is 0. The van der Waals surface area contributed by atoms with E-state index >= 15 is 0 Å². The maximum Gasteiger partial charge on any atom is 0.335 e. The van der Waals surface area contributed by atoms with Crippen LogP contribution in [0.15, 0.2) is 140 Å². The fourth-order valence-corrected chi connectivity index (χ4v) is 7.01. The molecule has 0 fully saturated rings. The van der Waals surface area contributed by atoms with Crippen LogP contribution >= 0.6 is 0 Å². The predicted octanol–water partition coefficient (Wildman–Crippen LogP) is 11.0. The molecule has 3 aromatic heterocycles. The van der Waals surface area contributed by atoms with Crippen LogP contribution in [-0.4, -0.2) is 31.0 Å². The quantitative estimate of drug-likeness (QED) is 0.161. The van der Waals surface area contributed by atoms with Gasteiger partial charge in [-0.15, -0.1) is 0 Å².